The number of carbonyl (C=O) groups is 1. The fourth-order valence-electron chi connectivity index (χ4n) is 2.21. The van der Waals surface area contributed by atoms with Gasteiger partial charge in [-0.1, -0.05) is 0 Å². The Morgan fingerprint density at radius 2 is 2.22 bits per heavy atom. The number of hydrogen-bond donors (Lipinski definition) is 2. The van der Waals surface area contributed by atoms with Gasteiger partial charge in [-0.3, -0.25) is 15.6 Å². The van der Waals surface area contributed by atoms with Crippen molar-refractivity contribution < 1.29 is 4.79 Å². The summed E-state index contributed by atoms with van der Waals surface area (Å²) in [6, 6.07) is 2.18. The molecule has 0 saturated heterocycles. The van der Waals surface area contributed by atoms with E-state index in [2.05, 4.69) is 10.4 Å². The summed E-state index contributed by atoms with van der Waals surface area (Å²) in [5, 5.41) is 0. The Hall–Kier alpha value is -1.62. The highest BCUT2D eigenvalue weighted by atomic mass is 16.2. The molecular formula is C13H18N4O. The number of hydrazine groups is 1. The molecule has 0 spiro atoms. The van der Waals surface area contributed by atoms with Gasteiger partial charge in [-0.15, -0.1) is 0 Å². The second-order valence-corrected chi connectivity index (χ2v) is 5.20. The van der Waals surface area contributed by atoms with Crippen molar-refractivity contribution in [2.75, 3.05) is 12.0 Å². The zero-order chi connectivity index (χ0) is 12.5. The second kappa shape index (κ2) is 4.57. The van der Waals surface area contributed by atoms with Crippen molar-refractivity contribution in [3.8, 4) is 0 Å². The third-order valence-electron chi connectivity index (χ3n) is 3.61. The number of amides is 1. The summed E-state index contributed by atoms with van der Waals surface area (Å²) in [6.45, 7) is 0.899. The summed E-state index contributed by atoms with van der Waals surface area (Å²) in [6.07, 6.45) is 8.01. The van der Waals surface area contributed by atoms with Crippen LogP contribution in [0.25, 0.3) is 0 Å². The maximum atomic E-state index is 12.6. The monoisotopic (exact) mass is 246 g/mol. The molecule has 1 aromatic rings. The fourth-order valence-corrected chi connectivity index (χ4v) is 2.21. The molecule has 2 fully saturated rings. The maximum absolute atomic E-state index is 12.6. The number of nitrogens with two attached hydrogens (primary N) is 1. The van der Waals surface area contributed by atoms with E-state index in [1.165, 1.54) is 12.8 Å². The highest BCUT2D eigenvalue weighted by Crippen LogP contribution is 2.36. The molecule has 1 heterocycles. The quantitative estimate of drug-likeness (QED) is 0.608. The van der Waals surface area contributed by atoms with Gasteiger partial charge >= 0.3 is 0 Å². The number of nitrogens with one attached hydrogen (secondary N) is 1. The van der Waals surface area contributed by atoms with Crippen molar-refractivity contribution in [3.63, 3.8) is 0 Å². The molecule has 0 aliphatic heterocycles. The molecule has 3 rings (SSSR count). The Labute approximate surface area is 106 Å². The van der Waals surface area contributed by atoms with E-state index in [4.69, 9.17) is 5.84 Å². The van der Waals surface area contributed by atoms with Crippen LogP contribution in [0, 0.1) is 5.92 Å². The smallest absolute Gasteiger partial charge is 0.256 e. The molecule has 2 aliphatic rings. The SMILES string of the molecule is NNc1cnccc1C(=O)N(CC1CC1)C1CC1. The fraction of sp³-hybridized carbons (Fsp3) is 0.538. The van der Waals surface area contributed by atoms with Gasteiger partial charge in [-0.25, -0.2) is 0 Å². The van der Waals surface area contributed by atoms with Crippen molar-refractivity contribution in [2.24, 2.45) is 11.8 Å². The molecule has 5 nitrogen and oxygen atoms in total. The molecule has 3 N–H and O–H groups in total. The predicted octanol–water partition coefficient (Wildman–Crippen LogP) is 1.38. The number of anilines is 1. The molecule has 2 saturated carbocycles. The molecule has 0 atom stereocenters. The van der Waals surface area contributed by atoms with Gasteiger partial charge in [0.25, 0.3) is 5.91 Å². The number of pyridine rings is 1. The lowest BCUT2D eigenvalue weighted by Gasteiger charge is -2.23. The molecule has 0 aromatic carbocycles. The highest BCUT2D eigenvalue weighted by molar-refractivity contribution is 5.99. The third kappa shape index (κ3) is 2.31. The molecule has 1 amide bonds. The lowest BCUT2D eigenvalue weighted by atomic mass is 10.2. The number of aromatic nitrogens is 1. The molecule has 96 valence electrons. The van der Waals surface area contributed by atoms with Crippen molar-refractivity contribution in [2.45, 2.75) is 31.7 Å². The Kier molecular flexibility index (Phi) is 2.91. The van der Waals surface area contributed by atoms with Crippen molar-refractivity contribution in [1.29, 1.82) is 0 Å². The molecule has 5 heteroatoms. The first-order valence-corrected chi connectivity index (χ1v) is 6.51. The Morgan fingerprint density at radius 1 is 1.44 bits per heavy atom. The van der Waals surface area contributed by atoms with Crippen LogP contribution in [0.15, 0.2) is 18.5 Å². The van der Waals surface area contributed by atoms with Gasteiger partial charge in [0.2, 0.25) is 0 Å². The lowest BCUT2D eigenvalue weighted by molar-refractivity contribution is 0.0735. The van der Waals surface area contributed by atoms with Gasteiger partial charge < -0.3 is 10.3 Å². The first-order valence-electron chi connectivity index (χ1n) is 6.51. The molecule has 2 aliphatic carbocycles. The van der Waals surface area contributed by atoms with Crippen LogP contribution in [0.3, 0.4) is 0 Å². The van der Waals surface area contributed by atoms with Gasteiger partial charge in [-0.05, 0) is 37.7 Å². The van der Waals surface area contributed by atoms with Gasteiger partial charge in [0.05, 0.1) is 17.4 Å². The van der Waals surface area contributed by atoms with E-state index in [-0.39, 0.29) is 5.91 Å². The molecule has 0 bridgehead atoms. The molecule has 1 aromatic heterocycles. The summed E-state index contributed by atoms with van der Waals surface area (Å²) < 4.78 is 0. The van der Waals surface area contributed by atoms with Crippen LogP contribution in [0.2, 0.25) is 0 Å². The topological polar surface area (TPSA) is 71.2 Å². The van der Waals surface area contributed by atoms with E-state index < -0.39 is 0 Å². The van der Waals surface area contributed by atoms with Crippen LogP contribution in [0.1, 0.15) is 36.0 Å². The minimum Gasteiger partial charge on any atom is -0.335 e. The average molecular weight is 246 g/mol. The van der Waals surface area contributed by atoms with Gasteiger partial charge in [0.15, 0.2) is 0 Å². The lowest BCUT2D eigenvalue weighted by Crippen LogP contribution is -2.35. The van der Waals surface area contributed by atoms with Crippen molar-refractivity contribution >= 4 is 11.6 Å². The molecule has 0 radical (unpaired) electrons. The van der Waals surface area contributed by atoms with E-state index in [1.54, 1.807) is 18.5 Å². The van der Waals surface area contributed by atoms with Crippen LogP contribution in [0.4, 0.5) is 5.69 Å². The van der Waals surface area contributed by atoms with Crippen LogP contribution in [-0.4, -0.2) is 28.4 Å². The van der Waals surface area contributed by atoms with Crippen LogP contribution < -0.4 is 11.3 Å². The minimum atomic E-state index is 0.0831. The third-order valence-corrected chi connectivity index (χ3v) is 3.61. The zero-order valence-electron chi connectivity index (χ0n) is 10.3. The second-order valence-electron chi connectivity index (χ2n) is 5.20. The Morgan fingerprint density at radius 3 is 2.83 bits per heavy atom. The van der Waals surface area contributed by atoms with Crippen LogP contribution >= 0.6 is 0 Å². The summed E-state index contributed by atoms with van der Waals surface area (Å²) in [4.78, 5) is 18.6. The number of rotatable bonds is 5. The van der Waals surface area contributed by atoms with Crippen LogP contribution in [0.5, 0.6) is 0 Å². The number of hydrogen-bond acceptors (Lipinski definition) is 4. The van der Waals surface area contributed by atoms with Gasteiger partial charge in [0, 0.05) is 18.8 Å². The Bertz CT molecular complexity index is 454. The Balaban J connectivity index is 1.81. The van der Waals surface area contributed by atoms with Gasteiger partial charge in [-0.2, -0.15) is 0 Å². The number of nitrogen functional groups attached to an aromatic ring is 1. The predicted molar refractivity (Wildman–Crippen MR) is 68.8 cm³/mol. The normalized spacial score (nSPS) is 18.5. The van der Waals surface area contributed by atoms with E-state index in [9.17, 15) is 4.79 Å². The first-order chi connectivity index (χ1) is 8.79. The van der Waals surface area contributed by atoms with Crippen molar-refractivity contribution in [3.05, 3.63) is 24.0 Å². The van der Waals surface area contributed by atoms with Crippen LogP contribution in [-0.2, 0) is 0 Å². The average Bonchev–Trinajstić information content (AvgIpc) is 3.28. The minimum absolute atomic E-state index is 0.0831. The maximum Gasteiger partial charge on any atom is 0.256 e. The molecule has 0 unspecified atom stereocenters. The molecule has 18 heavy (non-hydrogen) atoms. The summed E-state index contributed by atoms with van der Waals surface area (Å²) >= 11 is 0. The molecular weight excluding hydrogens is 228 g/mol. The summed E-state index contributed by atoms with van der Waals surface area (Å²) in [7, 11) is 0. The highest BCUT2D eigenvalue weighted by Gasteiger charge is 2.37. The summed E-state index contributed by atoms with van der Waals surface area (Å²) in [5.41, 5.74) is 3.78. The number of nitrogens with zero attached hydrogens (tertiary/aromatic N) is 2. The van der Waals surface area contributed by atoms with Gasteiger partial charge in [0.1, 0.15) is 0 Å². The van der Waals surface area contributed by atoms with Crippen molar-refractivity contribution in [1.82, 2.24) is 9.88 Å². The largest absolute Gasteiger partial charge is 0.335 e. The standard InChI is InChI=1S/C13H18N4O/c14-16-12-7-15-6-5-11(12)13(18)17(10-3-4-10)8-9-1-2-9/h5-7,9-10,16H,1-4,8,14H2. The summed E-state index contributed by atoms with van der Waals surface area (Å²) in [5.74, 6) is 6.23. The zero-order valence-corrected chi connectivity index (χ0v) is 10.3. The van der Waals surface area contributed by atoms with E-state index in [0.717, 1.165) is 19.4 Å². The first kappa shape index (κ1) is 11.5. The van der Waals surface area contributed by atoms with E-state index in [1.807, 2.05) is 4.90 Å². The van der Waals surface area contributed by atoms with E-state index >= 15 is 0 Å². The number of carbonyl (C=O) groups excluding carboxylic acids is 1. The van der Waals surface area contributed by atoms with E-state index in [0.29, 0.717) is 23.2 Å².